The minimum atomic E-state index is -4.76. The zero-order valence-electron chi connectivity index (χ0n) is 10.8. The van der Waals surface area contributed by atoms with Crippen LogP contribution in [0.3, 0.4) is 0 Å². The number of ether oxygens (including phenoxy) is 2. The van der Waals surface area contributed by atoms with Crippen LogP contribution in [0.5, 0.6) is 17.2 Å². The molecule has 2 aromatic carbocycles. The lowest BCUT2D eigenvalue weighted by Crippen LogP contribution is -2.17. The summed E-state index contributed by atoms with van der Waals surface area (Å²) in [5.74, 6) is -0.345. The summed E-state index contributed by atoms with van der Waals surface area (Å²) in [5, 5.41) is 9.48. The van der Waals surface area contributed by atoms with Gasteiger partial charge in [0.25, 0.3) is 0 Å². The van der Waals surface area contributed by atoms with E-state index in [0.29, 0.717) is 5.56 Å². The Morgan fingerprint density at radius 3 is 2.27 bits per heavy atom. The van der Waals surface area contributed by atoms with Gasteiger partial charge in [0.15, 0.2) is 5.75 Å². The van der Waals surface area contributed by atoms with Crippen molar-refractivity contribution in [1.82, 2.24) is 0 Å². The first kappa shape index (κ1) is 16.6. The standard InChI is InChI=1S/C14H9Cl2F3O3/c15-11-5-9(20)6-12(16)13(11)21-7-8-2-1-3-10(4-8)22-14(17,18)19/h1-6,20H,7H2. The quantitative estimate of drug-likeness (QED) is 0.824. The van der Waals surface area contributed by atoms with Crippen LogP contribution in [-0.4, -0.2) is 11.5 Å². The van der Waals surface area contributed by atoms with Crippen LogP contribution in [0, 0.1) is 0 Å². The van der Waals surface area contributed by atoms with Crippen LogP contribution in [0.2, 0.25) is 10.0 Å². The van der Waals surface area contributed by atoms with Crippen LogP contribution < -0.4 is 9.47 Å². The van der Waals surface area contributed by atoms with E-state index in [-0.39, 0.29) is 33.9 Å². The van der Waals surface area contributed by atoms with E-state index in [0.717, 1.165) is 0 Å². The third kappa shape index (κ3) is 4.61. The molecular weight excluding hydrogens is 344 g/mol. The molecule has 1 N–H and O–H groups in total. The zero-order chi connectivity index (χ0) is 16.3. The Labute approximate surface area is 133 Å². The molecule has 0 unspecified atom stereocenters. The lowest BCUT2D eigenvalue weighted by Gasteiger charge is -2.12. The summed E-state index contributed by atoms with van der Waals surface area (Å²) in [7, 11) is 0. The molecule has 0 heterocycles. The smallest absolute Gasteiger partial charge is 0.508 e. The first-order chi connectivity index (χ1) is 10.2. The topological polar surface area (TPSA) is 38.7 Å². The molecule has 3 nitrogen and oxygen atoms in total. The van der Waals surface area contributed by atoms with Gasteiger partial charge in [-0.25, -0.2) is 0 Å². The molecule has 0 atom stereocenters. The Balaban J connectivity index is 2.11. The molecule has 0 spiro atoms. The van der Waals surface area contributed by atoms with Crippen molar-refractivity contribution < 1.29 is 27.8 Å². The molecule has 0 aliphatic carbocycles. The van der Waals surface area contributed by atoms with Crippen molar-refractivity contribution in [1.29, 1.82) is 0 Å². The lowest BCUT2D eigenvalue weighted by atomic mass is 10.2. The van der Waals surface area contributed by atoms with Gasteiger partial charge in [-0.3, -0.25) is 0 Å². The van der Waals surface area contributed by atoms with Gasteiger partial charge in [-0.2, -0.15) is 0 Å². The van der Waals surface area contributed by atoms with E-state index in [1.165, 1.54) is 30.3 Å². The Kier molecular flexibility index (Phi) is 4.93. The number of halogens is 5. The fraction of sp³-hybridized carbons (Fsp3) is 0.143. The summed E-state index contributed by atoms with van der Waals surface area (Å²) in [6.07, 6.45) is -4.76. The van der Waals surface area contributed by atoms with Gasteiger partial charge >= 0.3 is 6.36 Å². The van der Waals surface area contributed by atoms with E-state index in [2.05, 4.69) is 4.74 Å². The van der Waals surface area contributed by atoms with Crippen molar-refractivity contribution in [2.75, 3.05) is 0 Å². The predicted molar refractivity (Wildman–Crippen MR) is 75.6 cm³/mol. The maximum Gasteiger partial charge on any atom is 0.573 e. The average molecular weight is 353 g/mol. The minimum Gasteiger partial charge on any atom is -0.508 e. The van der Waals surface area contributed by atoms with Gasteiger partial charge in [0.1, 0.15) is 18.1 Å². The summed E-state index contributed by atoms with van der Waals surface area (Å²) in [6, 6.07) is 7.82. The highest BCUT2D eigenvalue weighted by molar-refractivity contribution is 6.37. The van der Waals surface area contributed by atoms with Crippen molar-refractivity contribution in [2.45, 2.75) is 13.0 Å². The van der Waals surface area contributed by atoms with E-state index in [9.17, 15) is 18.3 Å². The number of phenols is 1. The number of rotatable bonds is 4. The van der Waals surface area contributed by atoms with Crippen LogP contribution in [0.1, 0.15) is 5.56 Å². The molecule has 8 heteroatoms. The number of benzene rings is 2. The van der Waals surface area contributed by atoms with E-state index in [1.54, 1.807) is 6.07 Å². The third-order valence-electron chi connectivity index (χ3n) is 2.50. The number of phenolic OH excluding ortho intramolecular Hbond substituents is 1. The maximum atomic E-state index is 12.2. The van der Waals surface area contributed by atoms with E-state index in [1.807, 2.05) is 0 Å². The molecule has 0 bridgehead atoms. The van der Waals surface area contributed by atoms with Crippen LogP contribution in [0.4, 0.5) is 13.2 Å². The first-order valence-corrected chi connectivity index (χ1v) is 6.66. The Morgan fingerprint density at radius 2 is 1.68 bits per heavy atom. The summed E-state index contributed by atoms with van der Waals surface area (Å²) >= 11 is 11.8. The van der Waals surface area contributed by atoms with Gasteiger partial charge in [-0.05, 0) is 17.7 Å². The number of hydrogen-bond acceptors (Lipinski definition) is 3. The Bertz CT molecular complexity index is 652. The molecule has 0 radical (unpaired) electrons. The fourth-order valence-electron chi connectivity index (χ4n) is 1.67. The molecule has 2 aromatic rings. The zero-order valence-corrected chi connectivity index (χ0v) is 12.3. The largest absolute Gasteiger partial charge is 0.573 e. The molecular formula is C14H9Cl2F3O3. The second-order valence-corrected chi connectivity index (χ2v) is 5.04. The van der Waals surface area contributed by atoms with Crippen molar-refractivity contribution in [2.24, 2.45) is 0 Å². The van der Waals surface area contributed by atoms with Gasteiger partial charge in [-0.1, -0.05) is 35.3 Å². The van der Waals surface area contributed by atoms with Crippen LogP contribution in [0.25, 0.3) is 0 Å². The normalized spacial score (nSPS) is 11.3. The number of aromatic hydroxyl groups is 1. The van der Waals surface area contributed by atoms with Crippen molar-refractivity contribution in [3.63, 3.8) is 0 Å². The molecule has 0 aliphatic heterocycles. The van der Waals surface area contributed by atoms with E-state index >= 15 is 0 Å². The van der Waals surface area contributed by atoms with Crippen molar-refractivity contribution >= 4 is 23.2 Å². The highest BCUT2D eigenvalue weighted by Crippen LogP contribution is 2.37. The molecule has 0 aromatic heterocycles. The summed E-state index contributed by atoms with van der Waals surface area (Å²) in [5.41, 5.74) is 0.432. The summed E-state index contributed by atoms with van der Waals surface area (Å²) in [6.45, 7) is -0.0702. The third-order valence-corrected chi connectivity index (χ3v) is 3.06. The second kappa shape index (κ2) is 6.54. The highest BCUT2D eigenvalue weighted by atomic mass is 35.5. The Morgan fingerprint density at radius 1 is 1.05 bits per heavy atom. The maximum absolute atomic E-state index is 12.2. The van der Waals surface area contributed by atoms with Gasteiger partial charge < -0.3 is 14.6 Å². The second-order valence-electron chi connectivity index (χ2n) is 4.22. The fourth-order valence-corrected chi connectivity index (χ4v) is 2.26. The van der Waals surface area contributed by atoms with Crippen LogP contribution in [-0.2, 0) is 6.61 Å². The molecule has 118 valence electrons. The minimum absolute atomic E-state index is 0.0702. The number of hydrogen-bond donors (Lipinski definition) is 1. The van der Waals surface area contributed by atoms with Gasteiger partial charge in [0, 0.05) is 12.1 Å². The summed E-state index contributed by atoms with van der Waals surface area (Å²) < 4.78 is 45.7. The average Bonchev–Trinajstić information content (AvgIpc) is 2.35. The van der Waals surface area contributed by atoms with E-state index < -0.39 is 6.36 Å². The van der Waals surface area contributed by atoms with Crippen molar-refractivity contribution in [3.8, 4) is 17.2 Å². The molecule has 0 saturated heterocycles. The monoisotopic (exact) mass is 352 g/mol. The van der Waals surface area contributed by atoms with Gasteiger partial charge in [0.05, 0.1) is 10.0 Å². The van der Waals surface area contributed by atoms with Gasteiger partial charge in [-0.15, -0.1) is 13.2 Å². The molecule has 0 fully saturated rings. The van der Waals surface area contributed by atoms with Crippen molar-refractivity contribution in [3.05, 3.63) is 52.0 Å². The van der Waals surface area contributed by atoms with Gasteiger partial charge in [0.2, 0.25) is 0 Å². The van der Waals surface area contributed by atoms with Crippen LogP contribution >= 0.6 is 23.2 Å². The Hall–Kier alpha value is -1.79. The lowest BCUT2D eigenvalue weighted by molar-refractivity contribution is -0.274. The molecule has 0 amide bonds. The van der Waals surface area contributed by atoms with Crippen LogP contribution in [0.15, 0.2) is 36.4 Å². The molecule has 0 aliphatic rings. The highest BCUT2D eigenvalue weighted by Gasteiger charge is 2.31. The van der Waals surface area contributed by atoms with E-state index in [4.69, 9.17) is 27.9 Å². The SMILES string of the molecule is Oc1cc(Cl)c(OCc2cccc(OC(F)(F)F)c2)c(Cl)c1. The molecule has 2 rings (SSSR count). The summed E-state index contributed by atoms with van der Waals surface area (Å²) in [4.78, 5) is 0. The molecule has 0 saturated carbocycles. The molecule has 22 heavy (non-hydrogen) atoms. The number of alkyl halides is 3. The predicted octanol–water partition coefficient (Wildman–Crippen LogP) is 5.18. The first-order valence-electron chi connectivity index (χ1n) is 5.90.